The van der Waals surface area contributed by atoms with Crippen molar-refractivity contribution in [1.82, 2.24) is 0 Å². The number of rotatable bonds is 1. The minimum atomic E-state index is -1.26. The summed E-state index contributed by atoms with van der Waals surface area (Å²) < 4.78 is 54.2. The summed E-state index contributed by atoms with van der Waals surface area (Å²) in [5.41, 5.74) is -2.58. The molecule has 2 nitrogen and oxygen atoms in total. The molecule has 2 aromatic rings. The molecule has 2 rings (SSSR count). The second-order valence-electron chi connectivity index (χ2n) is 3.79. The zero-order chi connectivity index (χ0) is 14.9. The molecule has 0 amide bonds. The first-order chi connectivity index (χ1) is 9.51. The van der Waals surface area contributed by atoms with E-state index in [1.54, 1.807) is 0 Å². The lowest BCUT2D eigenvalue weighted by molar-refractivity contribution is 0.569. The van der Waals surface area contributed by atoms with Gasteiger partial charge in [-0.15, -0.1) is 0 Å². The van der Waals surface area contributed by atoms with Crippen molar-refractivity contribution < 1.29 is 17.6 Å². The van der Waals surface area contributed by atoms with Gasteiger partial charge in [-0.2, -0.15) is 10.5 Å². The Morgan fingerprint density at radius 3 is 1.30 bits per heavy atom. The maximum atomic E-state index is 13.9. The molecule has 0 N–H and O–H groups in total. The topological polar surface area (TPSA) is 47.6 Å². The third-order valence-electron chi connectivity index (χ3n) is 2.70. The zero-order valence-electron chi connectivity index (χ0n) is 9.72. The molecule has 0 bridgehead atoms. The maximum absolute atomic E-state index is 13.9. The molecule has 0 heterocycles. The lowest BCUT2D eigenvalue weighted by Crippen LogP contribution is -1.98. The Morgan fingerprint density at radius 1 is 0.650 bits per heavy atom. The molecule has 6 heteroatoms. The highest BCUT2D eigenvalue weighted by molar-refractivity contribution is 5.68. The quantitative estimate of drug-likeness (QED) is 0.746. The Balaban J connectivity index is 2.78. The summed E-state index contributed by atoms with van der Waals surface area (Å²) >= 11 is 0. The molecule has 0 radical (unpaired) electrons. The molecule has 0 unspecified atom stereocenters. The van der Waals surface area contributed by atoms with Crippen LogP contribution in [0, 0.1) is 45.9 Å². The first-order valence-electron chi connectivity index (χ1n) is 5.27. The number of nitriles is 2. The third-order valence-corrected chi connectivity index (χ3v) is 2.70. The predicted octanol–water partition coefficient (Wildman–Crippen LogP) is 3.65. The monoisotopic (exact) mass is 276 g/mol. The minimum Gasteiger partial charge on any atom is -0.205 e. The van der Waals surface area contributed by atoms with Crippen LogP contribution < -0.4 is 0 Å². The summed E-state index contributed by atoms with van der Waals surface area (Å²) in [7, 11) is 0. The van der Waals surface area contributed by atoms with Gasteiger partial charge in [-0.1, -0.05) is 0 Å². The molecular weight excluding hydrogens is 272 g/mol. The Bertz CT molecular complexity index is 718. The maximum Gasteiger partial charge on any atom is 0.151 e. The van der Waals surface area contributed by atoms with Gasteiger partial charge in [-0.3, -0.25) is 0 Å². The van der Waals surface area contributed by atoms with Gasteiger partial charge in [0.2, 0.25) is 0 Å². The van der Waals surface area contributed by atoms with Gasteiger partial charge in [0.15, 0.2) is 11.6 Å². The van der Waals surface area contributed by atoms with E-state index in [9.17, 15) is 17.6 Å². The van der Waals surface area contributed by atoms with Gasteiger partial charge < -0.3 is 0 Å². The van der Waals surface area contributed by atoms with Gasteiger partial charge in [0.05, 0.1) is 0 Å². The number of halogens is 4. The molecule has 20 heavy (non-hydrogen) atoms. The van der Waals surface area contributed by atoms with Crippen molar-refractivity contribution in [3.8, 4) is 23.3 Å². The first kappa shape index (κ1) is 13.6. The van der Waals surface area contributed by atoms with Crippen molar-refractivity contribution in [2.24, 2.45) is 0 Å². The van der Waals surface area contributed by atoms with Crippen LogP contribution in [0.4, 0.5) is 17.6 Å². The van der Waals surface area contributed by atoms with Gasteiger partial charge >= 0.3 is 0 Å². The van der Waals surface area contributed by atoms with Crippen LogP contribution in [0.1, 0.15) is 11.1 Å². The Hall–Kier alpha value is -2.86. The van der Waals surface area contributed by atoms with E-state index < -0.39 is 45.5 Å². The van der Waals surface area contributed by atoms with Crippen LogP contribution in [0.3, 0.4) is 0 Å². The molecule has 0 spiro atoms. The number of hydrogen-bond donors (Lipinski definition) is 0. The summed E-state index contributed by atoms with van der Waals surface area (Å²) in [5, 5.41) is 17.3. The molecule has 0 aliphatic heterocycles. The second-order valence-corrected chi connectivity index (χ2v) is 3.79. The van der Waals surface area contributed by atoms with Crippen molar-refractivity contribution in [1.29, 1.82) is 10.5 Å². The predicted molar refractivity (Wildman–Crippen MR) is 61.1 cm³/mol. The van der Waals surface area contributed by atoms with Gasteiger partial charge in [0.1, 0.15) is 34.9 Å². The van der Waals surface area contributed by atoms with Gasteiger partial charge in [0.25, 0.3) is 0 Å². The Labute approximate surface area is 111 Å². The van der Waals surface area contributed by atoms with Gasteiger partial charge in [-0.25, -0.2) is 17.6 Å². The fraction of sp³-hybridized carbons (Fsp3) is 0. The molecule has 0 aliphatic carbocycles. The number of hydrogen-bond acceptors (Lipinski definition) is 2. The standard InChI is InChI=1S/C14H4F4N2/c15-11-3-1-7(13(17)9(11)5-19)8-2-4-12(16)10(6-20)14(8)18/h1-4H. The summed E-state index contributed by atoms with van der Waals surface area (Å²) in [4.78, 5) is 0. The van der Waals surface area contributed by atoms with E-state index >= 15 is 0 Å². The van der Waals surface area contributed by atoms with Crippen LogP contribution >= 0.6 is 0 Å². The molecule has 0 aromatic heterocycles. The Kier molecular flexibility index (Phi) is 3.41. The number of nitrogens with zero attached hydrogens (tertiary/aromatic N) is 2. The molecule has 0 saturated carbocycles. The van der Waals surface area contributed by atoms with Gasteiger partial charge in [0, 0.05) is 11.1 Å². The van der Waals surface area contributed by atoms with E-state index in [2.05, 4.69) is 0 Å². The van der Waals surface area contributed by atoms with Crippen molar-refractivity contribution in [3.05, 3.63) is 58.7 Å². The van der Waals surface area contributed by atoms with Crippen molar-refractivity contribution >= 4 is 0 Å². The molecular formula is C14H4F4N2. The molecule has 98 valence electrons. The Morgan fingerprint density at radius 2 is 1.00 bits per heavy atom. The summed E-state index contributed by atoms with van der Waals surface area (Å²) in [6, 6.07) is 6.08. The van der Waals surface area contributed by atoms with Crippen LogP contribution in [0.5, 0.6) is 0 Å². The number of benzene rings is 2. The summed E-state index contributed by atoms with van der Waals surface area (Å²) in [6.07, 6.45) is 0. The van der Waals surface area contributed by atoms with Crippen molar-refractivity contribution in [2.75, 3.05) is 0 Å². The molecule has 2 aromatic carbocycles. The zero-order valence-corrected chi connectivity index (χ0v) is 9.72. The highest BCUT2D eigenvalue weighted by Gasteiger charge is 2.20. The lowest BCUT2D eigenvalue weighted by Gasteiger charge is -2.08. The summed E-state index contributed by atoms with van der Waals surface area (Å²) in [5.74, 6) is -4.70. The van der Waals surface area contributed by atoms with E-state index in [0.29, 0.717) is 0 Å². The third kappa shape index (κ3) is 1.98. The molecule has 0 saturated heterocycles. The van der Waals surface area contributed by atoms with Crippen molar-refractivity contribution in [2.45, 2.75) is 0 Å². The van der Waals surface area contributed by atoms with Crippen LogP contribution in [-0.4, -0.2) is 0 Å². The van der Waals surface area contributed by atoms with Crippen LogP contribution in [0.15, 0.2) is 24.3 Å². The average molecular weight is 276 g/mol. The highest BCUT2D eigenvalue weighted by atomic mass is 19.1. The van der Waals surface area contributed by atoms with Gasteiger partial charge in [-0.05, 0) is 24.3 Å². The minimum absolute atomic E-state index is 0.419. The largest absolute Gasteiger partial charge is 0.205 e. The van der Waals surface area contributed by atoms with E-state index in [-0.39, 0.29) is 0 Å². The highest BCUT2D eigenvalue weighted by Crippen LogP contribution is 2.30. The lowest BCUT2D eigenvalue weighted by atomic mass is 9.99. The first-order valence-corrected chi connectivity index (χ1v) is 5.27. The van der Waals surface area contributed by atoms with Crippen LogP contribution in [-0.2, 0) is 0 Å². The van der Waals surface area contributed by atoms with E-state index in [0.717, 1.165) is 24.3 Å². The van der Waals surface area contributed by atoms with E-state index in [1.165, 1.54) is 12.1 Å². The summed E-state index contributed by atoms with van der Waals surface area (Å²) in [6.45, 7) is 0. The molecule has 0 fully saturated rings. The van der Waals surface area contributed by atoms with Crippen LogP contribution in [0.2, 0.25) is 0 Å². The smallest absolute Gasteiger partial charge is 0.151 e. The van der Waals surface area contributed by atoms with E-state index in [4.69, 9.17) is 10.5 Å². The molecule has 0 aliphatic rings. The van der Waals surface area contributed by atoms with Crippen LogP contribution in [0.25, 0.3) is 11.1 Å². The van der Waals surface area contributed by atoms with E-state index in [1.807, 2.05) is 0 Å². The molecule has 0 atom stereocenters. The SMILES string of the molecule is N#Cc1c(F)ccc(-c2ccc(F)c(C#N)c2F)c1F. The second kappa shape index (κ2) is 5.02. The fourth-order valence-electron chi connectivity index (χ4n) is 1.73. The fourth-order valence-corrected chi connectivity index (χ4v) is 1.73. The van der Waals surface area contributed by atoms with Crippen molar-refractivity contribution in [3.63, 3.8) is 0 Å². The normalized spacial score (nSPS) is 9.90. The average Bonchev–Trinajstić information content (AvgIpc) is 2.41.